The fraction of sp³-hybridized carbons (Fsp3) is 0. The van der Waals surface area contributed by atoms with Gasteiger partial charge in [0.1, 0.15) is 0 Å². The molecular formula is C28H18Cl2N2. The standard InChI is InChI=1S/C28H18Cl2N2/c29-23-10-6-21-8-14-25(31-27(21)17-23)12-4-19-2-1-3-20(16-19)5-13-26-15-9-22-7-11-24(30)18-28(22)32-26/h1-18H/b12-4+,13-5+. The van der Waals surface area contributed by atoms with Gasteiger partial charge in [-0.1, -0.05) is 77.8 Å². The number of fused-ring (bicyclic) bond motifs is 2. The second-order valence-corrected chi connectivity index (χ2v) is 8.36. The van der Waals surface area contributed by atoms with Crippen LogP contribution in [-0.4, -0.2) is 9.97 Å². The van der Waals surface area contributed by atoms with E-state index in [1.807, 2.05) is 66.7 Å². The summed E-state index contributed by atoms with van der Waals surface area (Å²) in [6.45, 7) is 0. The Hall–Kier alpha value is -3.46. The van der Waals surface area contributed by atoms with E-state index in [-0.39, 0.29) is 0 Å². The Bertz CT molecular complexity index is 1390. The van der Waals surface area contributed by atoms with Gasteiger partial charge < -0.3 is 0 Å². The van der Waals surface area contributed by atoms with E-state index in [0.717, 1.165) is 44.3 Å². The van der Waals surface area contributed by atoms with Crippen LogP contribution in [0.4, 0.5) is 0 Å². The Labute approximate surface area is 196 Å². The van der Waals surface area contributed by atoms with Crippen LogP contribution in [0.15, 0.2) is 84.9 Å². The third-order valence-electron chi connectivity index (χ3n) is 5.16. The van der Waals surface area contributed by atoms with Crippen molar-refractivity contribution >= 4 is 69.3 Å². The predicted molar refractivity (Wildman–Crippen MR) is 138 cm³/mol. The van der Waals surface area contributed by atoms with Gasteiger partial charge in [-0.15, -0.1) is 0 Å². The van der Waals surface area contributed by atoms with E-state index >= 15 is 0 Å². The zero-order valence-electron chi connectivity index (χ0n) is 17.0. The maximum atomic E-state index is 6.10. The number of aromatic nitrogens is 2. The molecule has 2 aromatic heterocycles. The minimum Gasteiger partial charge on any atom is -0.248 e. The maximum Gasteiger partial charge on any atom is 0.0724 e. The lowest BCUT2D eigenvalue weighted by molar-refractivity contribution is 1.37. The van der Waals surface area contributed by atoms with Crippen molar-refractivity contribution in [2.75, 3.05) is 0 Å². The number of pyridine rings is 2. The molecule has 4 heteroatoms. The van der Waals surface area contributed by atoms with Crippen LogP contribution >= 0.6 is 23.2 Å². The summed E-state index contributed by atoms with van der Waals surface area (Å²) in [6.07, 6.45) is 8.15. The molecule has 0 aliphatic rings. The van der Waals surface area contributed by atoms with Crippen LogP contribution in [0.1, 0.15) is 22.5 Å². The molecule has 0 radical (unpaired) electrons. The highest BCUT2D eigenvalue weighted by Crippen LogP contribution is 2.20. The van der Waals surface area contributed by atoms with E-state index in [1.54, 1.807) is 0 Å². The molecule has 2 heterocycles. The van der Waals surface area contributed by atoms with E-state index in [0.29, 0.717) is 10.0 Å². The maximum absolute atomic E-state index is 6.10. The number of hydrogen-bond donors (Lipinski definition) is 0. The monoisotopic (exact) mass is 452 g/mol. The summed E-state index contributed by atoms with van der Waals surface area (Å²) < 4.78 is 0. The molecule has 0 bridgehead atoms. The summed E-state index contributed by atoms with van der Waals surface area (Å²) in [5, 5.41) is 3.52. The molecule has 0 amide bonds. The van der Waals surface area contributed by atoms with E-state index < -0.39 is 0 Å². The fourth-order valence-corrected chi connectivity index (χ4v) is 3.86. The van der Waals surface area contributed by atoms with E-state index in [9.17, 15) is 0 Å². The molecule has 0 aliphatic carbocycles. The number of halogens is 2. The Morgan fingerprint density at radius 1 is 0.500 bits per heavy atom. The van der Waals surface area contributed by atoms with Crippen LogP contribution in [0.2, 0.25) is 10.0 Å². The Morgan fingerprint density at radius 3 is 1.47 bits per heavy atom. The van der Waals surface area contributed by atoms with Crippen LogP contribution < -0.4 is 0 Å². The van der Waals surface area contributed by atoms with Crippen molar-refractivity contribution in [3.63, 3.8) is 0 Å². The van der Waals surface area contributed by atoms with Crippen molar-refractivity contribution in [1.29, 1.82) is 0 Å². The normalized spacial score (nSPS) is 11.8. The molecule has 0 aliphatic heterocycles. The first-order valence-corrected chi connectivity index (χ1v) is 11.0. The summed E-state index contributed by atoms with van der Waals surface area (Å²) in [4.78, 5) is 9.36. The third-order valence-corrected chi connectivity index (χ3v) is 5.63. The number of nitrogens with zero attached hydrogens (tertiary/aromatic N) is 2. The first-order valence-electron chi connectivity index (χ1n) is 10.2. The summed E-state index contributed by atoms with van der Waals surface area (Å²) in [5.74, 6) is 0. The Morgan fingerprint density at radius 2 is 0.969 bits per heavy atom. The molecule has 32 heavy (non-hydrogen) atoms. The second kappa shape index (κ2) is 8.96. The quantitative estimate of drug-likeness (QED) is 0.273. The predicted octanol–water partition coefficient (Wildman–Crippen LogP) is 8.43. The highest BCUT2D eigenvalue weighted by molar-refractivity contribution is 6.31. The second-order valence-electron chi connectivity index (χ2n) is 7.48. The zero-order valence-corrected chi connectivity index (χ0v) is 18.6. The molecule has 0 unspecified atom stereocenters. The van der Waals surface area contributed by atoms with E-state index in [2.05, 4.69) is 52.5 Å². The van der Waals surface area contributed by atoms with Crippen LogP contribution in [-0.2, 0) is 0 Å². The molecule has 0 atom stereocenters. The van der Waals surface area contributed by atoms with Crippen LogP contribution in [0, 0.1) is 0 Å². The zero-order chi connectivity index (χ0) is 21.9. The highest BCUT2D eigenvalue weighted by atomic mass is 35.5. The average Bonchev–Trinajstić information content (AvgIpc) is 2.81. The topological polar surface area (TPSA) is 25.8 Å². The molecular weight excluding hydrogens is 435 g/mol. The summed E-state index contributed by atoms with van der Waals surface area (Å²) in [7, 11) is 0. The van der Waals surface area contributed by atoms with Crippen molar-refractivity contribution in [3.8, 4) is 0 Å². The van der Waals surface area contributed by atoms with Gasteiger partial charge in [-0.3, -0.25) is 0 Å². The lowest BCUT2D eigenvalue weighted by Gasteiger charge is -2.01. The summed E-state index contributed by atoms with van der Waals surface area (Å²) in [6, 6.07) is 27.9. The first kappa shape index (κ1) is 20.4. The SMILES string of the molecule is Clc1ccc2ccc(/C=C/c3cccc(/C=C/c4ccc5ccc(Cl)cc5n4)c3)nc2c1. The summed E-state index contributed by atoms with van der Waals surface area (Å²) in [5.41, 5.74) is 5.75. The lowest BCUT2D eigenvalue weighted by Crippen LogP contribution is -1.84. The van der Waals surface area contributed by atoms with Gasteiger partial charge in [0.25, 0.3) is 0 Å². The summed E-state index contributed by atoms with van der Waals surface area (Å²) >= 11 is 12.2. The molecule has 0 saturated carbocycles. The molecule has 0 N–H and O–H groups in total. The van der Waals surface area contributed by atoms with Crippen LogP contribution in [0.5, 0.6) is 0 Å². The minimum atomic E-state index is 0.689. The van der Waals surface area contributed by atoms with Crippen molar-refractivity contribution in [1.82, 2.24) is 9.97 Å². The van der Waals surface area contributed by atoms with Crippen molar-refractivity contribution < 1.29 is 0 Å². The molecule has 0 spiro atoms. The average molecular weight is 453 g/mol. The Balaban J connectivity index is 1.36. The van der Waals surface area contributed by atoms with Crippen molar-refractivity contribution in [3.05, 3.63) is 117 Å². The van der Waals surface area contributed by atoms with Crippen molar-refractivity contribution in [2.45, 2.75) is 0 Å². The molecule has 0 fully saturated rings. The first-order chi connectivity index (χ1) is 15.6. The molecule has 3 aromatic carbocycles. The number of hydrogen-bond acceptors (Lipinski definition) is 2. The number of benzene rings is 3. The molecule has 5 aromatic rings. The van der Waals surface area contributed by atoms with Crippen LogP contribution in [0.3, 0.4) is 0 Å². The molecule has 2 nitrogen and oxygen atoms in total. The van der Waals surface area contributed by atoms with Gasteiger partial charge in [-0.05, 0) is 65.7 Å². The minimum absolute atomic E-state index is 0.689. The number of rotatable bonds is 4. The lowest BCUT2D eigenvalue weighted by atomic mass is 10.1. The van der Waals surface area contributed by atoms with Gasteiger partial charge in [-0.2, -0.15) is 0 Å². The molecule has 5 rings (SSSR count). The fourth-order valence-electron chi connectivity index (χ4n) is 3.53. The van der Waals surface area contributed by atoms with Gasteiger partial charge in [0.2, 0.25) is 0 Å². The third kappa shape index (κ3) is 4.72. The smallest absolute Gasteiger partial charge is 0.0724 e. The van der Waals surface area contributed by atoms with Gasteiger partial charge in [-0.25, -0.2) is 9.97 Å². The highest BCUT2D eigenvalue weighted by Gasteiger charge is 1.99. The van der Waals surface area contributed by atoms with Crippen LogP contribution in [0.25, 0.3) is 46.1 Å². The van der Waals surface area contributed by atoms with Gasteiger partial charge in [0.05, 0.1) is 22.4 Å². The largest absolute Gasteiger partial charge is 0.248 e. The van der Waals surface area contributed by atoms with Gasteiger partial charge >= 0.3 is 0 Å². The van der Waals surface area contributed by atoms with E-state index in [4.69, 9.17) is 23.2 Å². The van der Waals surface area contributed by atoms with Gasteiger partial charge in [0, 0.05) is 20.8 Å². The molecule has 0 saturated heterocycles. The van der Waals surface area contributed by atoms with Crippen molar-refractivity contribution in [2.24, 2.45) is 0 Å². The Kier molecular flexibility index (Phi) is 5.72. The van der Waals surface area contributed by atoms with Gasteiger partial charge in [0.15, 0.2) is 0 Å². The molecule has 154 valence electrons. The van der Waals surface area contributed by atoms with E-state index in [1.165, 1.54) is 0 Å².